The van der Waals surface area contributed by atoms with Crippen LogP contribution in [0.1, 0.15) is 40.2 Å². The first-order chi connectivity index (χ1) is 14.2. The number of hydrogen-bond acceptors (Lipinski definition) is 6. The van der Waals surface area contributed by atoms with E-state index in [2.05, 4.69) is 9.47 Å². The molecule has 0 unspecified atom stereocenters. The predicted molar refractivity (Wildman–Crippen MR) is 101 cm³/mol. The maximum absolute atomic E-state index is 12.8. The molecular weight excluding hydrogens is 426 g/mol. The minimum atomic E-state index is -3.26. The highest BCUT2D eigenvalue weighted by Crippen LogP contribution is 2.37. The molecule has 1 aliphatic heterocycles. The molecule has 0 aromatic heterocycles. The summed E-state index contributed by atoms with van der Waals surface area (Å²) in [6.45, 7) is 1.45. The summed E-state index contributed by atoms with van der Waals surface area (Å²) >= 11 is 0. The molecular formula is C20H27F4NO6. The molecule has 0 saturated carbocycles. The summed E-state index contributed by atoms with van der Waals surface area (Å²) in [6.07, 6.45) is -1.43. The minimum Gasteiger partial charge on any atom is -0.444 e. The van der Waals surface area contributed by atoms with Crippen LogP contribution in [0, 0.1) is 0 Å². The summed E-state index contributed by atoms with van der Waals surface area (Å²) in [4.78, 5) is 14.2. The van der Waals surface area contributed by atoms with Crippen LogP contribution in [0.3, 0.4) is 0 Å². The number of nitrogens with zero attached hydrogens (tertiary/aromatic N) is 1. The Hall–Kier alpha value is -2.27. The van der Waals surface area contributed by atoms with Crippen molar-refractivity contribution in [1.82, 2.24) is 4.90 Å². The first-order valence-corrected chi connectivity index (χ1v) is 9.57. The molecule has 1 saturated heterocycles. The van der Waals surface area contributed by atoms with Crippen molar-refractivity contribution in [2.24, 2.45) is 0 Å². The van der Waals surface area contributed by atoms with Gasteiger partial charge in [0, 0.05) is 0 Å². The number of rotatable bonds is 7. The average molecular weight is 453 g/mol. The summed E-state index contributed by atoms with van der Waals surface area (Å²) in [7, 11) is 0. The van der Waals surface area contributed by atoms with E-state index in [9.17, 15) is 27.5 Å². The number of aliphatic hydroxyl groups is 1. The molecule has 0 bridgehead atoms. The highest BCUT2D eigenvalue weighted by molar-refractivity contribution is 5.70. The Balaban J connectivity index is 2.36. The van der Waals surface area contributed by atoms with Gasteiger partial charge < -0.3 is 24.1 Å². The van der Waals surface area contributed by atoms with Gasteiger partial charge in [0.1, 0.15) is 17.4 Å². The van der Waals surface area contributed by atoms with E-state index in [1.165, 1.54) is 11.0 Å². The van der Waals surface area contributed by atoms with E-state index in [1.54, 1.807) is 34.6 Å². The van der Waals surface area contributed by atoms with Crippen molar-refractivity contribution in [1.29, 1.82) is 0 Å². The second kappa shape index (κ2) is 9.47. The zero-order valence-corrected chi connectivity index (χ0v) is 17.9. The second-order valence-corrected chi connectivity index (χ2v) is 8.45. The number of carbonyl (C=O) groups excluding carboxylic acids is 1. The van der Waals surface area contributed by atoms with Crippen molar-refractivity contribution in [2.45, 2.75) is 77.7 Å². The monoisotopic (exact) mass is 453 g/mol. The van der Waals surface area contributed by atoms with Gasteiger partial charge in [0.25, 0.3) is 0 Å². The van der Waals surface area contributed by atoms with E-state index in [0.29, 0.717) is 5.56 Å². The number of alkyl halides is 4. The molecule has 1 fully saturated rings. The molecule has 31 heavy (non-hydrogen) atoms. The van der Waals surface area contributed by atoms with Crippen LogP contribution in [-0.4, -0.2) is 59.4 Å². The topological polar surface area (TPSA) is 77.5 Å². The van der Waals surface area contributed by atoms with Gasteiger partial charge in [0.05, 0.1) is 12.6 Å². The molecule has 176 valence electrons. The van der Waals surface area contributed by atoms with Crippen molar-refractivity contribution in [3.8, 4) is 11.5 Å². The molecule has 11 heteroatoms. The standard InChI is InChI=1S/C20H27F4NO6/c1-19(2,3)31-18(27)25-12(15(10-26)30-20(25,4)5)8-11-6-7-13(28-16(21)22)14(9-11)29-17(23)24/h6-7,9,12,15-17,26H,8,10H2,1-5H3/t12-,15+/m0/s1. The summed E-state index contributed by atoms with van der Waals surface area (Å²) in [6, 6.07) is 2.85. The normalized spacial score (nSPS) is 21.0. The van der Waals surface area contributed by atoms with Gasteiger partial charge in [-0.25, -0.2) is 4.79 Å². The van der Waals surface area contributed by atoms with E-state index in [-0.39, 0.29) is 6.42 Å². The average Bonchev–Trinajstić information content (AvgIpc) is 2.84. The molecule has 1 aromatic rings. The lowest BCUT2D eigenvalue weighted by Crippen LogP contribution is -2.51. The van der Waals surface area contributed by atoms with E-state index in [4.69, 9.17) is 9.47 Å². The molecule has 1 amide bonds. The second-order valence-electron chi connectivity index (χ2n) is 8.45. The van der Waals surface area contributed by atoms with Crippen LogP contribution in [0.5, 0.6) is 11.5 Å². The number of halogens is 4. The Kier molecular flexibility index (Phi) is 7.64. The zero-order chi connectivity index (χ0) is 23.6. The van der Waals surface area contributed by atoms with Crippen LogP contribution in [0.2, 0.25) is 0 Å². The molecule has 0 spiro atoms. The first-order valence-electron chi connectivity index (χ1n) is 9.57. The van der Waals surface area contributed by atoms with Crippen LogP contribution in [0.25, 0.3) is 0 Å². The number of amides is 1. The number of ether oxygens (including phenoxy) is 4. The van der Waals surface area contributed by atoms with Crippen LogP contribution < -0.4 is 9.47 Å². The fourth-order valence-electron chi connectivity index (χ4n) is 3.42. The molecule has 1 aliphatic rings. The quantitative estimate of drug-likeness (QED) is 0.625. The van der Waals surface area contributed by atoms with E-state index in [0.717, 1.165) is 12.1 Å². The summed E-state index contributed by atoms with van der Waals surface area (Å²) < 4.78 is 70.4. The number of benzene rings is 1. The van der Waals surface area contributed by atoms with Crippen molar-refractivity contribution in [2.75, 3.05) is 6.61 Å². The molecule has 2 rings (SSSR count). The molecule has 0 radical (unpaired) electrons. The third-order valence-electron chi connectivity index (χ3n) is 4.44. The van der Waals surface area contributed by atoms with Crippen LogP contribution in [0.15, 0.2) is 18.2 Å². The van der Waals surface area contributed by atoms with Crippen LogP contribution in [0.4, 0.5) is 22.4 Å². The predicted octanol–water partition coefficient (Wildman–Crippen LogP) is 4.16. The highest BCUT2D eigenvalue weighted by Gasteiger charge is 2.50. The minimum absolute atomic E-state index is 0.0441. The fraction of sp³-hybridized carbons (Fsp3) is 0.650. The van der Waals surface area contributed by atoms with Crippen molar-refractivity contribution < 1.29 is 46.4 Å². The Morgan fingerprint density at radius 1 is 1.16 bits per heavy atom. The van der Waals surface area contributed by atoms with E-state index >= 15 is 0 Å². The molecule has 0 aliphatic carbocycles. The number of aliphatic hydroxyl groups excluding tert-OH is 1. The maximum atomic E-state index is 12.8. The Morgan fingerprint density at radius 3 is 2.26 bits per heavy atom. The third kappa shape index (κ3) is 6.60. The highest BCUT2D eigenvalue weighted by atomic mass is 19.3. The smallest absolute Gasteiger partial charge is 0.412 e. The third-order valence-corrected chi connectivity index (χ3v) is 4.44. The lowest BCUT2D eigenvalue weighted by Gasteiger charge is -2.35. The molecule has 1 aromatic carbocycles. The van der Waals surface area contributed by atoms with Crippen LogP contribution in [-0.2, 0) is 15.9 Å². The van der Waals surface area contributed by atoms with Gasteiger partial charge >= 0.3 is 19.3 Å². The number of hydrogen-bond donors (Lipinski definition) is 1. The van der Waals surface area contributed by atoms with Gasteiger partial charge in [-0.1, -0.05) is 6.07 Å². The van der Waals surface area contributed by atoms with Crippen molar-refractivity contribution in [3.05, 3.63) is 23.8 Å². The lowest BCUT2D eigenvalue weighted by molar-refractivity contribution is -0.0866. The first kappa shape index (κ1) is 25.0. The molecule has 2 atom stereocenters. The van der Waals surface area contributed by atoms with E-state index in [1.807, 2.05) is 0 Å². The van der Waals surface area contributed by atoms with Gasteiger partial charge in [-0.3, -0.25) is 4.90 Å². The summed E-state index contributed by atoms with van der Waals surface area (Å²) in [5.41, 5.74) is -1.54. The maximum Gasteiger partial charge on any atom is 0.412 e. The van der Waals surface area contributed by atoms with Crippen molar-refractivity contribution in [3.63, 3.8) is 0 Å². The zero-order valence-electron chi connectivity index (χ0n) is 17.9. The van der Waals surface area contributed by atoms with Crippen LogP contribution >= 0.6 is 0 Å². The fourth-order valence-corrected chi connectivity index (χ4v) is 3.42. The summed E-state index contributed by atoms with van der Waals surface area (Å²) in [5.74, 6) is -1.12. The molecule has 1 N–H and O–H groups in total. The molecule has 7 nitrogen and oxygen atoms in total. The Labute approximate surface area is 177 Å². The molecule has 1 heterocycles. The summed E-state index contributed by atoms with van der Waals surface area (Å²) in [5, 5.41) is 9.76. The van der Waals surface area contributed by atoms with Gasteiger partial charge in [-0.05, 0) is 58.7 Å². The van der Waals surface area contributed by atoms with E-state index < -0.39 is 60.9 Å². The largest absolute Gasteiger partial charge is 0.444 e. The Bertz CT molecular complexity index is 769. The van der Waals surface area contributed by atoms with Gasteiger partial charge in [-0.15, -0.1) is 0 Å². The van der Waals surface area contributed by atoms with Gasteiger partial charge in [0.2, 0.25) is 0 Å². The lowest BCUT2D eigenvalue weighted by atomic mass is 10.00. The Morgan fingerprint density at radius 2 is 1.74 bits per heavy atom. The van der Waals surface area contributed by atoms with Crippen molar-refractivity contribution >= 4 is 6.09 Å². The van der Waals surface area contributed by atoms with Gasteiger partial charge in [0.15, 0.2) is 11.5 Å². The van der Waals surface area contributed by atoms with Gasteiger partial charge in [-0.2, -0.15) is 17.6 Å². The number of carbonyl (C=O) groups is 1. The SMILES string of the molecule is CC(C)(C)OC(=O)N1[C@@H](Cc2ccc(OC(F)F)c(OC(F)F)c2)[C@@H](CO)OC1(C)C.